The van der Waals surface area contributed by atoms with Crippen LogP contribution in [-0.2, 0) is 0 Å². The molecule has 0 aromatic rings. The summed E-state index contributed by atoms with van der Waals surface area (Å²) in [6.07, 6.45) is 5.75. The third-order valence-electron chi connectivity index (χ3n) is 3.87. The van der Waals surface area contributed by atoms with Gasteiger partial charge in [-0.15, -0.1) is 0 Å². The molecule has 0 radical (unpaired) electrons. The van der Waals surface area contributed by atoms with Crippen LogP contribution >= 0.6 is 0 Å². The molecule has 84 valence electrons. The van der Waals surface area contributed by atoms with E-state index < -0.39 is 8.07 Å². The van der Waals surface area contributed by atoms with Gasteiger partial charge in [-0.1, -0.05) is 61.3 Å². The first-order valence-electron chi connectivity index (χ1n) is 6.06. The molecule has 2 heteroatoms. The molecular weight excluding hydrogens is 191 g/mol. The van der Waals surface area contributed by atoms with Gasteiger partial charge < -0.3 is 5.54 Å². The van der Waals surface area contributed by atoms with E-state index in [9.17, 15) is 0 Å². The Bertz CT molecular complexity index is 158. The second-order valence-electron chi connectivity index (χ2n) is 6.99. The van der Waals surface area contributed by atoms with E-state index in [1.54, 1.807) is 0 Å². The fraction of sp³-hybridized carbons (Fsp3) is 0.923. The molecule has 1 fully saturated rings. The molecule has 0 bridgehead atoms. The Kier molecular flexibility index (Phi) is 5.73. The largest absolute Gasteiger partial charge is 1.00 e. The van der Waals surface area contributed by atoms with Crippen molar-refractivity contribution in [3.63, 3.8) is 0 Å². The van der Waals surface area contributed by atoms with Crippen molar-refractivity contribution in [2.45, 2.75) is 66.1 Å². The third kappa shape index (κ3) is 4.67. The van der Waals surface area contributed by atoms with E-state index in [4.69, 9.17) is 0 Å². The third-order valence-corrected chi connectivity index (χ3v) is 6.50. The molecule has 1 saturated carbocycles. The van der Waals surface area contributed by atoms with Crippen molar-refractivity contribution < 1.29 is 18.9 Å². The standard InChI is InChI=1S/C13H27Si.Li/c1-13(2,3)11-7-9-12(10-8-11)14(4,5)6;/h11H,7-10H2,1-6H3;/q-1;+1. The van der Waals surface area contributed by atoms with Crippen molar-refractivity contribution in [3.05, 3.63) is 5.54 Å². The molecule has 0 heterocycles. The molecule has 0 nitrogen and oxygen atoms in total. The molecule has 1 aliphatic rings. The smallest absolute Gasteiger partial charge is 0.313 e. The Morgan fingerprint density at radius 3 is 1.67 bits per heavy atom. The molecule has 1 aliphatic carbocycles. The van der Waals surface area contributed by atoms with E-state index >= 15 is 0 Å². The first-order chi connectivity index (χ1) is 6.21. The van der Waals surface area contributed by atoms with Crippen molar-refractivity contribution in [1.82, 2.24) is 0 Å². The summed E-state index contributed by atoms with van der Waals surface area (Å²) in [4.78, 5) is 0. The van der Waals surface area contributed by atoms with Gasteiger partial charge in [0.1, 0.15) is 0 Å². The Balaban J connectivity index is 0.00000196. The number of hydrogen-bond donors (Lipinski definition) is 0. The van der Waals surface area contributed by atoms with Gasteiger partial charge in [-0.25, -0.2) is 0 Å². The minimum Gasteiger partial charge on any atom is -0.313 e. The molecule has 0 amide bonds. The van der Waals surface area contributed by atoms with Gasteiger partial charge in [-0.2, -0.15) is 12.8 Å². The van der Waals surface area contributed by atoms with Crippen LogP contribution in [0.1, 0.15) is 46.5 Å². The molecule has 0 aromatic heterocycles. The predicted molar refractivity (Wildman–Crippen MR) is 68.0 cm³/mol. The Hall–Kier alpha value is 0.814. The van der Waals surface area contributed by atoms with Crippen molar-refractivity contribution in [2.24, 2.45) is 11.3 Å². The fourth-order valence-corrected chi connectivity index (χ4v) is 4.37. The Morgan fingerprint density at radius 2 is 1.40 bits per heavy atom. The normalized spacial score (nSPS) is 21.2. The van der Waals surface area contributed by atoms with Gasteiger partial charge in [-0.3, -0.25) is 0 Å². The van der Waals surface area contributed by atoms with E-state index in [2.05, 4.69) is 40.4 Å². The number of rotatable bonds is 1. The zero-order valence-corrected chi connectivity index (χ0v) is 12.9. The summed E-state index contributed by atoms with van der Waals surface area (Å²) in [7, 11) is -0.928. The Morgan fingerprint density at radius 1 is 1.00 bits per heavy atom. The van der Waals surface area contributed by atoms with E-state index in [0.717, 1.165) is 5.92 Å². The summed E-state index contributed by atoms with van der Waals surface area (Å²) >= 11 is 0. The zero-order chi connectivity index (χ0) is 11.0. The van der Waals surface area contributed by atoms with Crippen LogP contribution < -0.4 is 18.9 Å². The van der Waals surface area contributed by atoms with Gasteiger partial charge >= 0.3 is 18.9 Å². The monoisotopic (exact) mass is 218 g/mol. The summed E-state index contributed by atoms with van der Waals surface area (Å²) in [6, 6.07) is 0. The van der Waals surface area contributed by atoms with E-state index in [1.807, 2.05) is 5.54 Å². The Labute approximate surface area is 110 Å². The summed E-state index contributed by atoms with van der Waals surface area (Å²) in [5.41, 5.74) is 2.46. The minimum absolute atomic E-state index is 0. The molecular formula is C13H27LiSi. The molecule has 15 heavy (non-hydrogen) atoms. The van der Waals surface area contributed by atoms with E-state index in [1.165, 1.54) is 25.7 Å². The van der Waals surface area contributed by atoms with Crippen LogP contribution in [0.3, 0.4) is 0 Å². The maximum atomic E-state index is 2.50. The predicted octanol–water partition coefficient (Wildman–Crippen LogP) is 1.68. The first kappa shape index (κ1) is 15.8. The first-order valence-corrected chi connectivity index (χ1v) is 9.56. The van der Waals surface area contributed by atoms with Crippen LogP contribution in [0.25, 0.3) is 0 Å². The SMILES string of the molecule is CC(C)(C)C1CC[C-]([Si](C)(C)C)CC1.[Li+]. The van der Waals surface area contributed by atoms with Crippen LogP contribution in [0.4, 0.5) is 0 Å². The van der Waals surface area contributed by atoms with Gasteiger partial charge in [0.25, 0.3) is 0 Å². The quantitative estimate of drug-likeness (QED) is 0.464. The van der Waals surface area contributed by atoms with Crippen molar-refractivity contribution in [2.75, 3.05) is 0 Å². The van der Waals surface area contributed by atoms with Gasteiger partial charge in [0, 0.05) is 0 Å². The molecule has 0 aliphatic heterocycles. The van der Waals surface area contributed by atoms with Crippen LogP contribution in [0.15, 0.2) is 0 Å². The molecule has 1 rings (SSSR count). The van der Waals surface area contributed by atoms with Gasteiger partial charge in [-0.05, 0) is 11.3 Å². The van der Waals surface area contributed by atoms with Gasteiger partial charge in [0.2, 0.25) is 0 Å². The van der Waals surface area contributed by atoms with Crippen LogP contribution in [0.2, 0.25) is 19.6 Å². The summed E-state index contributed by atoms with van der Waals surface area (Å²) < 4.78 is 0. The van der Waals surface area contributed by atoms with E-state index in [0.29, 0.717) is 5.41 Å². The second kappa shape index (κ2) is 5.43. The minimum atomic E-state index is -0.928. The van der Waals surface area contributed by atoms with Crippen LogP contribution in [0, 0.1) is 16.9 Å². The van der Waals surface area contributed by atoms with Crippen molar-refractivity contribution in [1.29, 1.82) is 0 Å². The average Bonchev–Trinajstić information content (AvgIpc) is 2.01. The average molecular weight is 218 g/mol. The molecule has 0 atom stereocenters. The second-order valence-corrected chi connectivity index (χ2v) is 12.2. The fourth-order valence-electron chi connectivity index (χ4n) is 2.58. The van der Waals surface area contributed by atoms with Crippen LogP contribution in [-0.4, -0.2) is 8.07 Å². The van der Waals surface area contributed by atoms with Crippen LogP contribution in [0.5, 0.6) is 0 Å². The molecule has 0 N–H and O–H groups in total. The molecule has 0 saturated heterocycles. The van der Waals surface area contributed by atoms with Crippen molar-refractivity contribution >= 4 is 8.07 Å². The topological polar surface area (TPSA) is 0 Å². The van der Waals surface area contributed by atoms with Gasteiger partial charge in [0.15, 0.2) is 0 Å². The molecule has 0 unspecified atom stereocenters. The maximum absolute atomic E-state index is 2.50. The van der Waals surface area contributed by atoms with E-state index in [-0.39, 0.29) is 18.9 Å². The zero-order valence-electron chi connectivity index (χ0n) is 11.9. The summed E-state index contributed by atoms with van der Waals surface area (Å²) in [5.74, 6) is 0.961. The molecule has 0 spiro atoms. The summed E-state index contributed by atoms with van der Waals surface area (Å²) in [6.45, 7) is 14.7. The maximum Gasteiger partial charge on any atom is 1.00 e. The number of hydrogen-bond acceptors (Lipinski definition) is 0. The molecule has 0 aromatic carbocycles. The summed E-state index contributed by atoms with van der Waals surface area (Å²) in [5, 5.41) is 0. The van der Waals surface area contributed by atoms with Crippen molar-refractivity contribution in [3.8, 4) is 0 Å². The van der Waals surface area contributed by atoms with Gasteiger partial charge in [0.05, 0.1) is 0 Å².